The quantitative estimate of drug-likeness (QED) is 0.895. The fraction of sp³-hybridized carbons (Fsp3) is 0.615. The lowest BCUT2D eigenvalue weighted by Gasteiger charge is -2.18. The molecule has 0 saturated heterocycles. The van der Waals surface area contributed by atoms with Gasteiger partial charge in [-0.1, -0.05) is 13.0 Å². The Hall–Kier alpha value is -0.580. The smallest absolute Gasteiger partial charge is 0.223 e. The molecule has 2 rings (SSSR count). The van der Waals surface area contributed by atoms with Crippen molar-refractivity contribution in [2.45, 2.75) is 44.7 Å². The number of nitrogens with two attached hydrogens (primary N) is 1. The maximum Gasteiger partial charge on any atom is 0.223 e. The number of halogens is 1. The predicted molar refractivity (Wildman–Crippen MR) is 78.1 cm³/mol. The normalized spacial score (nSPS) is 24.3. The third-order valence-corrected chi connectivity index (χ3v) is 4.44. The first-order chi connectivity index (χ1) is 8.20. The number of carbonyl (C=O) groups is 1. The van der Waals surface area contributed by atoms with Crippen LogP contribution in [0.15, 0.2) is 17.5 Å². The first-order valence-corrected chi connectivity index (χ1v) is 7.18. The lowest BCUT2D eigenvalue weighted by molar-refractivity contribution is -0.125. The lowest BCUT2D eigenvalue weighted by atomic mass is 10.1. The van der Waals surface area contributed by atoms with Crippen molar-refractivity contribution in [3.05, 3.63) is 22.4 Å². The van der Waals surface area contributed by atoms with E-state index in [4.69, 9.17) is 5.73 Å². The Balaban J connectivity index is 0.00000162. The van der Waals surface area contributed by atoms with Crippen LogP contribution in [-0.2, 0) is 4.79 Å². The van der Waals surface area contributed by atoms with Gasteiger partial charge in [-0.15, -0.1) is 23.7 Å². The zero-order valence-electron chi connectivity index (χ0n) is 10.6. The van der Waals surface area contributed by atoms with Crippen molar-refractivity contribution in [3.8, 4) is 0 Å². The summed E-state index contributed by atoms with van der Waals surface area (Å²) in [5.74, 6) is 0.303. The molecule has 1 aliphatic carbocycles. The maximum atomic E-state index is 12.1. The van der Waals surface area contributed by atoms with Crippen LogP contribution in [0, 0.1) is 5.92 Å². The predicted octanol–water partition coefficient (Wildman–Crippen LogP) is 2.86. The summed E-state index contributed by atoms with van der Waals surface area (Å²) < 4.78 is 0. The minimum Gasteiger partial charge on any atom is -0.348 e. The van der Waals surface area contributed by atoms with Crippen LogP contribution < -0.4 is 11.1 Å². The van der Waals surface area contributed by atoms with Crippen LogP contribution in [-0.4, -0.2) is 11.9 Å². The van der Waals surface area contributed by atoms with Crippen LogP contribution in [0.3, 0.4) is 0 Å². The molecule has 3 nitrogen and oxygen atoms in total. The molecule has 0 spiro atoms. The highest BCUT2D eigenvalue weighted by molar-refractivity contribution is 7.10. The van der Waals surface area contributed by atoms with Crippen LogP contribution in [0.5, 0.6) is 0 Å². The standard InChI is InChI=1S/C13H20N2OS.ClH/c1-2-11(12-4-3-7-17-12)15-13(16)9-5-6-10(14)8-9;/h3-4,7,9-11H,2,5-6,8,14H2,1H3,(H,15,16);1H. The van der Waals surface area contributed by atoms with E-state index in [1.54, 1.807) is 11.3 Å². The molecule has 1 heterocycles. The molecule has 1 amide bonds. The summed E-state index contributed by atoms with van der Waals surface area (Å²) in [7, 11) is 0. The van der Waals surface area contributed by atoms with E-state index in [1.165, 1.54) is 4.88 Å². The molecule has 5 heteroatoms. The second kappa shape index (κ2) is 7.12. The van der Waals surface area contributed by atoms with Gasteiger partial charge in [0.2, 0.25) is 5.91 Å². The van der Waals surface area contributed by atoms with E-state index in [0.717, 1.165) is 25.7 Å². The molecule has 0 aliphatic heterocycles. The number of carbonyl (C=O) groups excluding carboxylic acids is 1. The molecule has 3 N–H and O–H groups in total. The van der Waals surface area contributed by atoms with Gasteiger partial charge in [0.05, 0.1) is 6.04 Å². The van der Waals surface area contributed by atoms with Gasteiger partial charge in [-0.05, 0) is 37.1 Å². The van der Waals surface area contributed by atoms with Gasteiger partial charge < -0.3 is 11.1 Å². The van der Waals surface area contributed by atoms with Crippen molar-refractivity contribution in [1.82, 2.24) is 5.32 Å². The summed E-state index contributed by atoms with van der Waals surface area (Å²) in [4.78, 5) is 13.3. The highest BCUT2D eigenvalue weighted by Gasteiger charge is 2.29. The molecule has 102 valence electrons. The van der Waals surface area contributed by atoms with Gasteiger partial charge in [0.25, 0.3) is 0 Å². The molecule has 0 radical (unpaired) electrons. The number of thiophene rings is 1. The van der Waals surface area contributed by atoms with Crippen LogP contribution in [0.25, 0.3) is 0 Å². The van der Waals surface area contributed by atoms with Crippen molar-refractivity contribution in [1.29, 1.82) is 0 Å². The Morgan fingerprint density at radius 1 is 1.61 bits per heavy atom. The lowest BCUT2D eigenvalue weighted by Crippen LogP contribution is -2.33. The van der Waals surface area contributed by atoms with E-state index < -0.39 is 0 Å². The van der Waals surface area contributed by atoms with Crippen LogP contribution in [0.1, 0.15) is 43.5 Å². The second-order valence-electron chi connectivity index (χ2n) is 4.75. The van der Waals surface area contributed by atoms with E-state index in [2.05, 4.69) is 23.7 Å². The molecule has 0 aromatic carbocycles. The number of hydrogen-bond donors (Lipinski definition) is 2. The van der Waals surface area contributed by atoms with E-state index in [0.29, 0.717) is 0 Å². The maximum absolute atomic E-state index is 12.1. The van der Waals surface area contributed by atoms with Gasteiger partial charge in [-0.3, -0.25) is 4.79 Å². The second-order valence-corrected chi connectivity index (χ2v) is 5.73. The van der Waals surface area contributed by atoms with E-state index >= 15 is 0 Å². The summed E-state index contributed by atoms with van der Waals surface area (Å²) in [6, 6.07) is 4.49. The van der Waals surface area contributed by atoms with Gasteiger partial charge in [-0.25, -0.2) is 0 Å². The molecule has 1 saturated carbocycles. The molecule has 18 heavy (non-hydrogen) atoms. The third-order valence-electron chi connectivity index (χ3n) is 3.46. The zero-order valence-corrected chi connectivity index (χ0v) is 12.2. The summed E-state index contributed by atoms with van der Waals surface area (Å²) in [5, 5.41) is 5.20. The van der Waals surface area contributed by atoms with Crippen LogP contribution >= 0.6 is 23.7 Å². The molecular weight excluding hydrogens is 268 g/mol. The molecule has 3 unspecified atom stereocenters. The van der Waals surface area contributed by atoms with Crippen molar-refractivity contribution in [3.63, 3.8) is 0 Å². The van der Waals surface area contributed by atoms with Crippen molar-refractivity contribution in [2.75, 3.05) is 0 Å². The summed E-state index contributed by atoms with van der Waals surface area (Å²) in [6.45, 7) is 2.10. The van der Waals surface area contributed by atoms with Gasteiger partial charge in [0, 0.05) is 16.8 Å². The summed E-state index contributed by atoms with van der Waals surface area (Å²) in [6.07, 6.45) is 3.69. The SMILES string of the molecule is CCC(NC(=O)C1CCC(N)C1)c1cccs1.Cl. The third kappa shape index (κ3) is 3.70. The number of rotatable bonds is 4. The van der Waals surface area contributed by atoms with Gasteiger partial charge in [0.15, 0.2) is 0 Å². The molecule has 1 aromatic rings. The number of nitrogens with one attached hydrogen (secondary N) is 1. The minimum atomic E-state index is 0. The van der Waals surface area contributed by atoms with Gasteiger partial charge in [0.1, 0.15) is 0 Å². The largest absolute Gasteiger partial charge is 0.348 e. The van der Waals surface area contributed by atoms with Crippen LogP contribution in [0.2, 0.25) is 0 Å². The molecule has 0 bridgehead atoms. The highest BCUT2D eigenvalue weighted by atomic mass is 35.5. The zero-order chi connectivity index (χ0) is 12.3. The van der Waals surface area contributed by atoms with Crippen molar-refractivity contribution >= 4 is 29.7 Å². The average molecular weight is 289 g/mol. The molecule has 3 atom stereocenters. The topological polar surface area (TPSA) is 55.1 Å². The van der Waals surface area contributed by atoms with Crippen LogP contribution in [0.4, 0.5) is 0 Å². The van der Waals surface area contributed by atoms with Crippen molar-refractivity contribution < 1.29 is 4.79 Å². The molecular formula is C13H21ClN2OS. The van der Waals surface area contributed by atoms with E-state index in [-0.39, 0.29) is 36.3 Å². The Morgan fingerprint density at radius 2 is 2.39 bits per heavy atom. The van der Waals surface area contributed by atoms with Gasteiger partial charge >= 0.3 is 0 Å². The fourth-order valence-electron chi connectivity index (χ4n) is 2.41. The van der Waals surface area contributed by atoms with E-state index in [1.807, 2.05) is 6.07 Å². The number of amides is 1. The summed E-state index contributed by atoms with van der Waals surface area (Å²) in [5.41, 5.74) is 5.84. The molecule has 1 fully saturated rings. The Kier molecular flexibility index (Phi) is 6.12. The molecule has 1 aromatic heterocycles. The van der Waals surface area contributed by atoms with Crippen molar-refractivity contribution in [2.24, 2.45) is 11.7 Å². The van der Waals surface area contributed by atoms with Gasteiger partial charge in [-0.2, -0.15) is 0 Å². The Bertz CT molecular complexity index is 369. The highest BCUT2D eigenvalue weighted by Crippen LogP contribution is 2.27. The first kappa shape index (κ1) is 15.5. The Morgan fingerprint density at radius 3 is 2.89 bits per heavy atom. The first-order valence-electron chi connectivity index (χ1n) is 6.30. The van der Waals surface area contributed by atoms with E-state index in [9.17, 15) is 4.79 Å². The monoisotopic (exact) mass is 288 g/mol. The minimum absolute atomic E-state index is 0. The number of hydrogen-bond acceptors (Lipinski definition) is 3. The fourth-order valence-corrected chi connectivity index (χ4v) is 3.27. The Labute approximate surface area is 119 Å². The molecule has 1 aliphatic rings. The average Bonchev–Trinajstić information content (AvgIpc) is 2.96. The summed E-state index contributed by atoms with van der Waals surface area (Å²) >= 11 is 1.70.